The Balaban J connectivity index is 2.43. The molecular formula is C10H18N2O2S. The zero-order valence-corrected chi connectivity index (χ0v) is 10.2. The van der Waals surface area contributed by atoms with Crippen molar-refractivity contribution in [3.63, 3.8) is 0 Å². The van der Waals surface area contributed by atoms with Crippen molar-refractivity contribution in [3.8, 4) is 0 Å². The van der Waals surface area contributed by atoms with Crippen molar-refractivity contribution in [1.82, 2.24) is 10.3 Å². The molecule has 0 saturated carbocycles. The SMILES string of the molecule is COCC(NCc1csc(=O)[nH]1)C(C)C. The third-order valence-corrected chi connectivity index (χ3v) is 3.00. The Labute approximate surface area is 93.7 Å². The molecule has 0 aromatic carbocycles. The molecule has 2 N–H and O–H groups in total. The molecule has 0 aliphatic rings. The molecule has 1 aromatic heterocycles. The fourth-order valence-electron chi connectivity index (χ4n) is 1.31. The number of nitrogens with one attached hydrogen (secondary N) is 2. The molecule has 1 aromatic rings. The molecule has 0 radical (unpaired) electrons. The number of hydrogen-bond donors (Lipinski definition) is 2. The van der Waals surface area contributed by atoms with Crippen molar-refractivity contribution in [2.24, 2.45) is 5.92 Å². The van der Waals surface area contributed by atoms with Crippen molar-refractivity contribution in [3.05, 3.63) is 20.7 Å². The van der Waals surface area contributed by atoms with Crippen LogP contribution in [0.1, 0.15) is 19.5 Å². The number of rotatable bonds is 6. The van der Waals surface area contributed by atoms with Crippen LogP contribution in [0.5, 0.6) is 0 Å². The van der Waals surface area contributed by atoms with E-state index < -0.39 is 0 Å². The molecule has 0 spiro atoms. The predicted molar refractivity (Wildman–Crippen MR) is 62.3 cm³/mol. The number of thiazole rings is 1. The third kappa shape index (κ3) is 4.15. The Hall–Kier alpha value is -0.650. The summed E-state index contributed by atoms with van der Waals surface area (Å²) >= 11 is 1.20. The molecule has 0 bridgehead atoms. The van der Waals surface area contributed by atoms with Crippen molar-refractivity contribution in [1.29, 1.82) is 0 Å². The van der Waals surface area contributed by atoms with Crippen LogP contribution in [0.15, 0.2) is 10.2 Å². The standard InChI is InChI=1S/C10H18N2O2S/c1-7(2)9(5-14-3)11-4-8-6-15-10(13)12-8/h6-7,9,11H,4-5H2,1-3H3,(H,12,13). The number of hydrogen-bond acceptors (Lipinski definition) is 4. The summed E-state index contributed by atoms with van der Waals surface area (Å²) in [6.45, 7) is 5.66. The van der Waals surface area contributed by atoms with E-state index in [2.05, 4.69) is 24.1 Å². The first-order valence-corrected chi connectivity index (χ1v) is 5.90. The Bertz CT molecular complexity index is 332. The lowest BCUT2D eigenvalue weighted by atomic mass is 10.1. The topological polar surface area (TPSA) is 54.1 Å². The van der Waals surface area contributed by atoms with Crippen LogP contribution in [0.2, 0.25) is 0 Å². The van der Waals surface area contributed by atoms with Crippen LogP contribution in [-0.4, -0.2) is 24.7 Å². The Morgan fingerprint density at radius 1 is 1.60 bits per heavy atom. The number of aromatic amines is 1. The fraction of sp³-hybridized carbons (Fsp3) is 0.700. The van der Waals surface area contributed by atoms with Gasteiger partial charge in [0.05, 0.1) is 6.61 Å². The minimum absolute atomic E-state index is 0.000335. The number of H-pyrrole nitrogens is 1. The second kappa shape index (κ2) is 6.05. The zero-order valence-electron chi connectivity index (χ0n) is 9.37. The summed E-state index contributed by atoms with van der Waals surface area (Å²) in [4.78, 5) is 13.7. The molecule has 0 fully saturated rings. The molecule has 1 atom stereocenters. The molecule has 0 saturated heterocycles. The van der Waals surface area contributed by atoms with E-state index in [1.807, 2.05) is 5.38 Å². The molecule has 1 rings (SSSR count). The molecule has 0 amide bonds. The quantitative estimate of drug-likeness (QED) is 0.772. The van der Waals surface area contributed by atoms with Gasteiger partial charge in [0.15, 0.2) is 0 Å². The molecule has 4 nitrogen and oxygen atoms in total. The highest BCUT2D eigenvalue weighted by Crippen LogP contribution is 2.03. The summed E-state index contributed by atoms with van der Waals surface area (Å²) in [6, 6.07) is 0.318. The van der Waals surface area contributed by atoms with E-state index in [0.717, 1.165) is 5.69 Å². The van der Waals surface area contributed by atoms with Gasteiger partial charge in [0.25, 0.3) is 0 Å². The van der Waals surface area contributed by atoms with E-state index in [4.69, 9.17) is 4.74 Å². The first kappa shape index (κ1) is 12.4. The molecule has 1 heterocycles. The maximum Gasteiger partial charge on any atom is 0.304 e. The van der Waals surface area contributed by atoms with Gasteiger partial charge in [-0.3, -0.25) is 4.79 Å². The number of methoxy groups -OCH3 is 1. The first-order chi connectivity index (χ1) is 7.13. The molecule has 15 heavy (non-hydrogen) atoms. The summed E-state index contributed by atoms with van der Waals surface area (Å²) in [7, 11) is 1.70. The Kier molecular flexibility index (Phi) is 5.01. The average Bonchev–Trinajstić information content (AvgIpc) is 2.58. The van der Waals surface area contributed by atoms with Crippen LogP contribution in [0.25, 0.3) is 0 Å². The largest absolute Gasteiger partial charge is 0.383 e. The van der Waals surface area contributed by atoms with Gasteiger partial charge in [-0.2, -0.15) is 0 Å². The Morgan fingerprint density at radius 3 is 2.80 bits per heavy atom. The van der Waals surface area contributed by atoms with Gasteiger partial charge < -0.3 is 15.0 Å². The monoisotopic (exact) mass is 230 g/mol. The van der Waals surface area contributed by atoms with Gasteiger partial charge in [-0.25, -0.2) is 0 Å². The average molecular weight is 230 g/mol. The molecule has 0 aliphatic carbocycles. The summed E-state index contributed by atoms with van der Waals surface area (Å²) < 4.78 is 5.13. The highest BCUT2D eigenvalue weighted by molar-refractivity contribution is 7.07. The van der Waals surface area contributed by atoms with Gasteiger partial charge in [0.2, 0.25) is 0 Å². The van der Waals surface area contributed by atoms with E-state index >= 15 is 0 Å². The first-order valence-electron chi connectivity index (χ1n) is 5.02. The summed E-state index contributed by atoms with van der Waals surface area (Å²) in [5.41, 5.74) is 0.937. The van der Waals surface area contributed by atoms with E-state index in [1.54, 1.807) is 7.11 Å². The van der Waals surface area contributed by atoms with Gasteiger partial charge >= 0.3 is 4.87 Å². The fourth-order valence-corrected chi connectivity index (χ4v) is 1.89. The van der Waals surface area contributed by atoms with E-state index in [9.17, 15) is 4.79 Å². The molecule has 1 unspecified atom stereocenters. The van der Waals surface area contributed by atoms with Crippen LogP contribution in [0.4, 0.5) is 0 Å². The lowest BCUT2D eigenvalue weighted by Crippen LogP contribution is -2.37. The summed E-state index contributed by atoms with van der Waals surface area (Å²) in [5.74, 6) is 0.510. The van der Waals surface area contributed by atoms with Crippen LogP contribution in [0.3, 0.4) is 0 Å². The maximum absolute atomic E-state index is 10.9. The molecule has 0 aliphatic heterocycles. The molecule has 5 heteroatoms. The van der Waals surface area contributed by atoms with E-state index in [1.165, 1.54) is 11.3 Å². The smallest absolute Gasteiger partial charge is 0.304 e. The normalized spacial score (nSPS) is 13.3. The third-order valence-electron chi connectivity index (χ3n) is 2.28. The number of ether oxygens (including phenoxy) is 1. The second-order valence-corrected chi connectivity index (χ2v) is 4.70. The summed E-state index contributed by atoms with van der Waals surface area (Å²) in [5, 5.41) is 5.21. The highest BCUT2D eigenvalue weighted by atomic mass is 32.1. The van der Waals surface area contributed by atoms with Gasteiger partial charge in [0, 0.05) is 30.8 Å². The highest BCUT2D eigenvalue weighted by Gasteiger charge is 2.12. The van der Waals surface area contributed by atoms with Gasteiger partial charge in [-0.05, 0) is 5.92 Å². The van der Waals surface area contributed by atoms with Crippen molar-refractivity contribution in [2.75, 3.05) is 13.7 Å². The van der Waals surface area contributed by atoms with E-state index in [0.29, 0.717) is 25.1 Å². The maximum atomic E-state index is 10.9. The van der Waals surface area contributed by atoms with Crippen LogP contribution in [-0.2, 0) is 11.3 Å². The van der Waals surface area contributed by atoms with Gasteiger partial charge in [0.1, 0.15) is 0 Å². The zero-order chi connectivity index (χ0) is 11.3. The van der Waals surface area contributed by atoms with Crippen molar-refractivity contribution >= 4 is 11.3 Å². The minimum atomic E-state index is -0.000335. The van der Waals surface area contributed by atoms with Crippen molar-refractivity contribution < 1.29 is 4.74 Å². The van der Waals surface area contributed by atoms with Gasteiger partial charge in [-0.1, -0.05) is 25.2 Å². The van der Waals surface area contributed by atoms with Gasteiger partial charge in [-0.15, -0.1) is 0 Å². The van der Waals surface area contributed by atoms with E-state index in [-0.39, 0.29) is 4.87 Å². The Morgan fingerprint density at radius 2 is 2.33 bits per heavy atom. The van der Waals surface area contributed by atoms with Crippen LogP contribution in [0, 0.1) is 5.92 Å². The number of aromatic nitrogens is 1. The lowest BCUT2D eigenvalue weighted by Gasteiger charge is -2.21. The lowest BCUT2D eigenvalue weighted by molar-refractivity contribution is 0.146. The minimum Gasteiger partial charge on any atom is -0.383 e. The molecular weight excluding hydrogens is 212 g/mol. The predicted octanol–water partition coefficient (Wildman–Crippen LogP) is 1.20. The molecule has 86 valence electrons. The summed E-state index contributed by atoms with van der Waals surface area (Å²) in [6.07, 6.45) is 0. The van der Waals surface area contributed by atoms with Crippen molar-refractivity contribution in [2.45, 2.75) is 26.4 Å². The van der Waals surface area contributed by atoms with Crippen LogP contribution < -0.4 is 10.2 Å². The van der Waals surface area contributed by atoms with Crippen LogP contribution >= 0.6 is 11.3 Å². The second-order valence-electron chi connectivity index (χ2n) is 3.86.